The van der Waals surface area contributed by atoms with E-state index in [1.165, 1.54) is 96.3 Å². The fourth-order valence-electron chi connectivity index (χ4n) is 4.43. The molecule has 0 bridgehead atoms. The maximum absolute atomic E-state index is 12.3. The molecule has 0 N–H and O–H groups in total. The van der Waals surface area contributed by atoms with Gasteiger partial charge < -0.3 is 4.74 Å². The molecule has 2 rings (SSSR count). The van der Waals surface area contributed by atoms with Crippen LogP contribution in [0.1, 0.15) is 126 Å². The molecule has 0 unspecified atom stereocenters. The number of halogens is 1. The number of benzene rings is 2. The predicted molar refractivity (Wildman–Crippen MR) is 156 cm³/mol. The van der Waals surface area contributed by atoms with Gasteiger partial charge >= 0.3 is 0 Å². The van der Waals surface area contributed by atoms with E-state index in [9.17, 15) is 4.79 Å². The van der Waals surface area contributed by atoms with Gasteiger partial charge in [-0.05, 0) is 42.3 Å². The molecule has 0 atom stereocenters. The lowest BCUT2D eigenvalue weighted by Gasteiger charge is -2.07. The summed E-state index contributed by atoms with van der Waals surface area (Å²) in [5, 5.41) is 0.570. The Labute approximate surface area is 225 Å². The highest BCUT2D eigenvalue weighted by Gasteiger charge is 2.02. The van der Waals surface area contributed by atoms with Crippen LogP contribution in [0.3, 0.4) is 0 Å². The van der Waals surface area contributed by atoms with Crippen molar-refractivity contribution in [2.75, 3.05) is 6.61 Å². The van der Waals surface area contributed by atoms with Gasteiger partial charge in [0.1, 0.15) is 5.75 Å². The third-order valence-electron chi connectivity index (χ3n) is 6.68. The molecule has 0 amide bonds. The largest absolute Gasteiger partial charge is 0.494 e. The van der Waals surface area contributed by atoms with E-state index in [4.69, 9.17) is 16.3 Å². The van der Waals surface area contributed by atoms with E-state index in [1.807, 2.05) is 30.3 Å². The molecule has 3 heteroatoms. The molecule has 0 heterocycles. The zero-order valence-corrected chi connectivity index (χ0v) is 23.2. The summed E-state index contributed by atoms with van der Waals surface area (Å²) in [7, 11) is 0. The molecule has 0 spiro atoms. The first-order valence-corrected chi connectivity index (χ1v) is 14.8. The normalized spacial score (nSPS) is 11.3. The van der Waals surface area contributed by atoms with Gasteiger partial charge in [0.15, 0.2) is 5.78 Å². The molecule has 0 aliphatic heterocycles. The van der Waals surface area contributed by atoms with Crippen LogP contribution in [-0.2, 0) is 0 Å². The molecule has 0 aromatic heterocycles. The zero-order valence-electron chi connectivity index (χ0n) is 22.5. The monoisotopic (exact) mass is 510 g/mol. The Morgan fingerprint density at radius 2 is 1.25 bits per heavy atom. The van der Waals surface area contributed by atoms with Gasteiger partial charge in [-0.15, -0.1) is 0 Å². The molecule has 0 aliphatic carbocycles. The van der Waals surface area contributed by atoms with Crippen molar-refractivity contribution in [1.29, 1.82) is 0 Å². The molecule has 2 aromatic rings. The molecule has 0 fully saturated rings. The lowest BCUT2D eigenvalue weighted by atomic mass is 10.0. The van der Waals surface area contributed by atoms with Crippen molar-refractivity contribution in [2.24, 2.45) is 0 Å². The van der Waals surface area contributed by atoms with Crippen molar-refractivity contribution in [3.63, 3.8) is 0 Å². The summed E-state index contributed by atoms with van der Waals surface area (Å²) in [4.78, 5) is 12.3. The molecule has 0 saturated heterocycles. The summed E-state index contributed by atoms with van der Waals surface area (Å²) in [6, 6.07) is 14.9. The number of allylic oxidation sites excluding steroid dienone is 1. The van der Waals surface area contributed by atoms with Gasteiger partial charge in [0.2, 0.25) is 0 Å². The van der Waals surface area contributed by atoms with E-state index < -0.39 is 0 Å². The Bertz CT molecular complexity index is 856. The Morgan fingerprint density at radius 3 is 1.78 bits per heavy atom. The third kappa shape index (κ3) is 14.5. The Balaban J connectivity index is 1.42. The van der Waals surface area contributed by atoms with Crippen molar-refractivity contribution in [3.8, 4) is 5.75 Å². The van der Waals surface area contributed by atoms with Crippen molar-refractivity contribution in [3.05, 3.63) is 70.8 Å². The number of carbonyl (C=O) groups excluding carboxylic acids is 1. The van der Waals surface area contributed by atoms with E-state index >= 15 is 0 Å². The number of hydrogen-bond acceptors (Lipinski definition) is 2. The van der Waals surface area contributed by atoms with Crippen LogP contribution in [0.2, 0.25) is 5.02 Å². The minimum atomic E-state index is -0.0543. The van der Waals surface area contributed by atoms with Crippen molar-refractivity contribution < 1.29 is 9.53 Å². The number of carbonyl (C=O) groups is 1. The summed E-state index contributed by atoms with van der Waals surface area (Å²) >= 11 is 5.96. The highest BCUT2D eigenvalue weighted by atomic mass is 35.5. The van der Waals surface area contributed by atoms with Crippen molar-refractivity contribution >= 4 is 23.5 Å². The van der Waals surface area contributed by atoms with Gasteiger partial charge in [-0.2, -0.15) is 0 Å². The average Bonchev–Trinajstić information content (AvgIpc) is 2.89. The second-order valence-corrected chi connectivity index (χ2v) is 10.4. The quantitative estimate of drug-likeness (QED) is 0.0947. The molecule has 0 saturated carbocycles. The van der Waals surface area contributed by atoms with Crippen LogP contribution in [0.15, 0.2) is 54.6 Å². The molecular formula is C33H47ClO2. The van der Waals surface area contributed by atoms with Gasteiger partial charge in [-0.1, -0.05) is 145 Å². The smallest absolute Gasteiger partial charge is 0.185 e. The predicted octanol–water partition coefficient (Wildman–Crippen LogP) is 10.9. The summed E-state index contributed by atoms with van der Waals surface area (Å²) in [5.74, 6) is 0.829. The van der Waals surface area contributed by atoms with E-state index in [0.717, 1.165) is 24.3 Å². The molecular weight excluding hydrogens is 464 g/mol. The summed E-state index contributed by atoms with van der Waals surface area (Å²) in [5.41, 5.74) is 1.57. The van der Waals surface area contributed by atoms with Gasteiger partial charge in [-0.25, -0.2) is 0 Å². The highest BCUT2D eigenvalue weighted by molar-refractivity contribution is 6.31. The summed E-state index contributed by atoms with van der Waals surface area (Å²) < 4.78 is 5.88. The van der Waals surface area contributed by atoms with Gasteiger partial charge in [0, 0.05) is 10.6 Å². The molecule has 198 valence electrons. The fourth-order valence-corrected chi connectivity index (χ4v) is 4.62. The van der Waals surface area contributed by atoms with Crippen LogP contribution in [0, 0.1) is 0 Å². The van der Waals surface area contributed by atoms with E-state index in [-0.39, 0.29) is 5.78 Å². The second-order valence-electron chi connectivity index (χ2n) is 9.93. The average molecular weight is 511 g/mol. The minimum absolute atomic E-state index is 0.0543. The number of ketones is 1. The fraction of sp³-hybridized carbons (Fsp3) is 0.545. The van der Waals surface area contributed by atoms with E-state index in [1.54, 1.807) is 30.3 Å². The van der Waals surface area contributed by atoms with Crippen LogP contribution >= 0.6 is 11.6 Å². The lowest BCUT2D eigenvalue weighted by molar-refractivity contribution is 0.104. The maximum Gasteiger partial charge on any atom is 0.185 e. The molecule has 2 nitrogen and oxygen atoms in total. The van der Waals surface area contributed by atoms with Crippen molar-refractivity contribution in [2.45, 2.75) is 110 Å². The van der Waals surface area contributed by atoms with E-state index in [2.05, 4.69) is 6.92 Å². The van der Waals surface area contributed by atoms with Crippen LogP contribution in [-0.4, -0.2) is 12.4 Å². The first-order valence-electron chi connectivity index (χ1n) is 14.4. The number of rotatable bonds is 21. The molecule has 36 heavy (non-hydrogen) atoms. The van der Waals surface area contributed by atoms with Crippen LogP contribution in [0.5, 0.6) is 5.75 Å². The summed E-state index contributed by atoms with van der Waals surface area (Å²) in [6.45, 7) is 3.05. The lowest BCUT2D eigenvalue weighted by Crippen LogP contribution is -1.97. The molecule has 0 radical (unpaired) electrons. The number of ether oxygens (including phenoxy) is 1. The Morgan fingerprint density at radius 1 is 0.722 bits per heavy atom. The summed E-state index contributed by atoms with van der Waals surface area (Å²) in [6.07, 6.45) is 25.4. The Hall–Kier alpha value is -2.06. The van der Waals surface area contributed by atoms with Crippen LogP contribution in [0.25, 0.3) is 6.08 Å². The topological polar surface area (TPSA) is 26.3 Å². The van der Waals surface area contributed by atoms with Crippen LogP contribution in [0.4, 0.5) is 0 Å². The standard InChI is InChI=1S/C33H47ClO2/c1-2-3-4-5-6-7-8-9-10-11-12-13-14-15-16-17-27-36-32-24-21-29(22-25-32)23-26-33(35)30-19-18-20-31(34)28-30/h18-26,28H,2-17,27H2,1H3. The highest BCUT2D eigenvalue weighted by Crippen LogP contribution is 2.17. The first kappa shape index (κ1) is 30.2. The van der Waals surface area contributed by atoms with Crippen LogP contribution < -0.4 is 4.74 Å². The Kier molecular flexibility index (Phi) is 16.8. The number of hydrogen-bond donors (Lipinski definition) is 0. The van der Waals surface area contributed by atoms with Gasteiger partial charge in [0.05, 0.1) is 6.61 Å². The first-order chi connectivity index (χ1) is 17.7. The third-order valence-corrected chi connectivity index (χ3v) is 6.92. The zero-order chi connectivity index (χ0) is 25.7. The van der Waals surface area contributed by atoms with E-state index in [0.29, 0.717) is 10.6 Å². The second kappa shape index (κ2) is 20.0. The van der Waals surface area contributed by atoms with Crippen molar-refractivity contribution in [1.82, 2.24) is 0 Å². The molecule has 0 aliphatic rings. The van der Waals surface area contributed by atoms with Gasteiger partial charge in [0.25, 0.3) is 0 Å². The minimum Gasteiger partial charge on any atom is -0.494 e. The van der Waals surface area contributed by atoms with Gasteiger partial charge in [-0.3, -0.25) is 4.79 Å². The SMILES string of the molecule is CCCCCCCCCCCCCCCCCCOc1ccc(C=CC(=O)c2cccc(Cl)c2)cc1. The molecule has 2 aromatic carbocycles. The maximum atomic E-state index is 12.3. The number of unbranched alkanes of at least 4 members (excludes halogenated alkanes) is 15.